The Morgan fingerprint density at radius 2 is 1.86 bits per heavy atom. The SMILES string of the molecule is Cc1ccc(Nc2ncnc3cnc(NC4CC4)nc23)cc1. The fourth-order valence-electron chi connectivity index (χ4n) is 2.20. The van der Waals surface area contributed by atoms with Crippen molar-refractivity contribution < 1.29 is 0 Å². The van der Waals surface area contributed by atoms with Crippen LogP contribution in [0.4, 0.5) is 17.5 Å². The van der Waals surface area contributed by atoms with Crippen LogP contribution in [0.5, 0.6) is 0 Å². The zero-order chi connectivity index (χ0) is 14.9. The first-order valence-electron chi connectivity index (χ1n) is 7.36. The van der Waals surface area contributed by atoms with Crippen molar-refractivity contribution >= 4 is 28.5 Å². The highest BCUT2D eigenvalue weighted by Crippen LogP contribution is 2.25. The lowest BCUT2D eigenvalue weighted by molar-refractivity contribution is 1.06. The van der Waals surface area contributed by atoms with E-state index in [1.54, 1.807) is 6.20 Å². The van der Waals surface area contributed by atoms with Crippen LogP contribution >= 0.6 is 0 Å². The Kier molecular flexibility index (Phi) is 3.07. The lowest BCUT2D eigenvalue weighted by Gasteiger charge is -2.09. The first kappa shape index (κ1) is 12.9. The average molecular weight is 292 g/mol. The van der Waals surface area contributed by atoms with Gasteiger partial charge in [-0.25, -0.2) is 19.9 Å². The maximum absolute atomic E-state index is 4.56. The molecule has 1 aliphatic carbocycles. The molecule has 2 aromatic heterocycles. The van der Waals surface area contributed by atoms with Crippen LogP contribution in [0.1, 0.15) is 18.4 Å². The van der Waals surface area contributed by atoms with E-state index in [0.717, 1.165) is 16.7 Å². The van der Waals surface area contributed by atoms with Crippen molar-refractivity contribution in [1.82, 2.24) is 19.9 Å². The summed E-state index contributed by atoms with van der Waals surface area (Å²) in [6, 6.07) is 8.67. The van der Waals surface area contributed by atoms with Gasteiger partial charge in [0.05, 0.1) is 6.20 Å². The number of aromatic nitrogens is 4. The van der Waals surface area contributed by atoms with Gasteiger partial charge in [-0.2, -0.15) is 0 Å². The third kappa shape index (κ3) is 2.67. The number of nitrogens with one attached hydrogen (secondary N) is 2. The van der Waals surface area contributed by atoms with Gasteiger partial charge in [-0.1, -0.05) is 17.7 Å². The van der Waals surface area contributed by atoms with Crippen molar-refractivity contribution in [2.45, 2.75) is 25.8 Å². The van der Waals surface area contributed by atoms with Crippen LogP contribution in [0.2, 0.25) is 0 Å². The van der Waals surface area contributed by atoms with Gasteiger partial charge < -0.3 is 10.6 Å². The van der Waals surface area contributed by atoms with Crippen LogP contribution in [-0.2, 0) is 0 Å². The van der Waals surface area contributed by atoms with Gasteiger partial charge in [-0.3, -0.25) is 0 Å². The van der Waals surface area contributed by atoms with Gasteiger partial charge in [0, 0.05) is 11.7 Å². The van der Waals surface area contributed by atoms with Crippen molar-refractivity contribution in [3.8, 4) is 0 Å². The molecule has 0 atom stereocenters. The van der Waals surface area contributed by atoms with Crippen molar-refractivity contribution in [3.63, 3.8) is 0 Å². The second-order valence-electron chi connectivity index (χ2n) is 5.56. The molecule has 1 fully saturated rings. The Morgan fingerprint density at radius 1 is 1.05 bits per heavy atom. The highest BCUT2D eigenvalue weighted by molar-refractivity contribution is 5.87. The molecule has 22 heavy (non-hydrogen) atoms. The van der Waals surface area contributed by atoms with Crippen molar-refractivity contribution in [1.29, 1.82) is 0 Å². The van der Waals surface area contributed by atoms with E-state index >= 15 is 0 Å². The molecule has 2 N–H and O–H groups in total. The molecular formula is C16H16N6. The fraction of sp³-hybridized carbons (Fsp3) is 0.250. The number of benzene rings is 1. The van der Waals surface area contributed by atoms with Crippen LogP contribution < -0.4 is 10.6 Å². The Hall–Kier alpha value is -2.76. The number of hydrogen-bond acceptors (Lipinski definition) is 6. The zero-order valence-corrected chi connectivity index (χ0v) is 12.2. The molecule has 0 amide bonds. The summed E-state index contributed by atoms with van der Waals surface area (Å²) in [5, 5.41) is 6.60. The van der Waals surface area contributed by atoms with E-state index in [-0.39, 0.29) is 0 Å². The van der Waals surface area contributed by atoms with E-state index < -0.39 is 0 Å². The summed E-state index contributed by atoms with van der Waals surface area (Å²) in [5.41, 5.74) is 3.64. The van der Waals surface area contributed by atoms with Gasteiger partial charge in [-0.05, 0) is 31.9 Å². The topological polar surface area (TPSA) is 75.6 Å². The minimum atomic E-state index is 0.510. The van der Waals surface area contributed by atoms with Gasteiger partial charge in [0.1, 0.15) is 17.4 Å². The third-order valence-electron chi connectivity index (χ3n) is 3.60. The molecule has 1 aromatic carbocycles. The van der Waals surface area contributed by atoms with Crippen molar-refractivity contribution in [3.05, 3.63) is 42.4 Å². The normalized spacial score (nSPS) is 14.0. The molecule has 4 rings (SSSR count). The summed E-state index contributed by atoms with van der Waals surface area (Å²) in [7, 11) is 0. The number of hydrogen-bond donors (Lipinski definition) is 2. The summed E-state index contributed by atoms with van der Waals surface area (Å²) in [5.74, 6) is 1.33. The van der Waals surface area contributed by atoms with Gasteiger partial charge in [0.2, 0.25) is 5.95 Å². The smallest absolute Gasteiger partial charge is 0.223 e. The Bertz CT molecular complexity index is 810. The monoisotopic (exact) mass is 292 g/mol. The van der Waals surface area contributed by atoms with E-state index in [1.165, 1.54) is 24.7 Å². The van der Waals surface area contributed by atoms with Crippen LogP contribution in [0.15, 0.2) is 36.8 Å². The second kappa shape index (κ2) is 5.22. The Morgan fingerprint density at radius 3 is 2.64 bits per heavy atom. The van der Waals surface area contributed by atoms with Crippen LogP contribution in [0, 0.1) is 6.92 Å². The molecule has 2 heterocycles. The summed E-state index contributed by atoms with van der Waals surface area (Å²) >= 11 is 0. The van der Waals surface area contributed by atoms with E-state index in [0.29, 0.717) is 17.8 Å². The van der Waals surface area contributed by atoms with Gasteiger partial charge in [0.25, 0.3) is 0 Å². The molecule has 0 bridgehead atoms. The highest BCUT2D eigenvalue weighted by atomic mass is 15.1. The maximum Gasteiger partial charge on any atom is 0.223 e. The zero-order valence-electron chi connectivity index (χ0n) is 12.2. The van der Waals surface area contributed by atoms with E-state index in [9.17, 15) is 0 Å². The largest absolute Gasteiger partial charge is 0.351 e. The fourth-order valence-corrected chi connectivity index (χ4v) is 2.20. The van der Waals surface area contributed by atoms with E-state index in [4.69, 9.17) is 0 Å². The second-order valence-corrected chi connectivity index (χ2v) is 5.56. The van der Waals surface area contributed by atoms with Crippen molar-refractivity contribution in [2.24, 2.45) is 0 Å². The number of rotatable bonds is 4. The Labute approximate surface area is 128 Å². The van der Waals surface area contributed by atoms with Gasteiger partial charge >= 0.3 is 0 Å². The standard InChI is InChI=1S/C16H16N6/c1-10-2-4-11(5-3-10)20-15-14-13(18-9-19-15)8-17-16(22-14)21-12-6-7-12/h2-5,8-9,12H,6-7H2,1H3,(H,17,21,22)(H,18,19,20). The molecular weight excluding hydrogens is 276 g/mol. The predicted octanol–water partition coefficient (Wildman–Crippen LogP) is 3.05. The first-order valence-corrected chi connectivity index (χ1v) is 7.36. The highest BCUT2D eigenvalue weighted by Gasteiger charge is 2.22. The van der Waals surface area contributed by atoms with Gasteiger partial charge in [0.15, 0.2) is 5.82 Å². The van der Waals surface area contributed by atoms with Crippen LogP contribution in [-0.4, -0.2) is 26.0 Å². The average Bonchev–Trinajstić information content (AvgIpc) is 3.34. The lowest BCUT2D eigenvalue weighted by Crippen LogP contribution is -2.06. The lowest BCUT2D eigenvalue weighted by atomic mass is 10.2. The number of aryl methyl sites for hydroxylation is 1. The summed E-state index contributed by atoms with van der Waals surface area (Å²) in [4.78, 5) is 17.4. The minimum Gasteiger partial charge on any atom is -0.351 e. The molecule has 6 heteroatoms. The minimum absolute atomic E-state index is 0.510. The van der Waals surface area contributed by atoms with E-state index in [2.05, 4.69) is 49.6 Å². The van der Waals surface area contributed by atoms with Crippen molar-refractivity contribution in [2.75, 3.05) is 10.6 Å². The Balaban J connectivity index is 1.70. The molecule has 0 aliphatic heterocycles. The first-order chi connectivity index (χ1) is 10.8. The molecule has 0 spiro atoms. The van der Waals surface area contributed by atoms with E-state index in [1.807, 2.05) is 12.1 Å². The third-order valence-corrected chi connectivity index (χ3v) is 3.60. The molecule has 0 saturated heterocycles. The predicted molar refractivity (Wildman–Crippen MR) is 86.2 cm³/mol. The van der Waals surface area contributed by atoms with Gasteiger partial charge in [-0.15, -0.1) is 0 Å². The molecule has 1 saturated carbocycles. The number of nitrogens with zero attached hydrogens (tertiary/aromatic N) is 4. The molecule has 0 unspecified atom stereocenters. The summed E-state index contributed by atoms with van der Waals surface area (Å²) in [6.45, 7) is 2.06. The summed E-state index contributed by atoms with van der Waals surface area (Å²) < 4.78 is 0. The molecule has 6 nitrogen and oxygen atoms in total. The summed E-state index contributed by atoms with van der Waals surface area (Å²) in [6.07, 6.45) is 5.62. The van der Waals surface area contributed by atoms with Crippen LogP contribution in [0.25, 0.3) is 11.0 Å². The molecule has 3 aromatic rings. The molecule has 1 aliphatic rings. The number of anilines is 3. The number of fused-ring (bicyclic) bond motifs is 1. The maximum atomic E-state index is 4.56. The van der Waals surface area contributed by atoms with Crippen LogP contribution in [0.3, 0.4) is 0 Å². The molecule has 110 valence electrons. The quantitative estimate of drug-likeness (QED) is 0.769. The molecule has 0 radical (unpaired) electrons.